The second-order valence-corrected chi connectivity index (χ2v) is 4.94. The van der Waals surface area contributed by atoms with Crippen molar-refractivity contribution in [2.24, 2.45) is 0 Å². The van der Waals surface area contributed by atoms with Crippen LogP contribution in [0.3, 0.4) is 0 Å². The molecule has 2 rings (SSSR count). The summed E-state index contributed by atoms with van der Waals surface area (Å²) in [4.78, 5) is 13.5. The minimum absolute atomic E-state index is 0. The highest BCUT2D eigenvalue weighted by molar-refractivity contribution is 5.85. The highest BCUT2D eigenvalue weighted by Gasteiger charge is 2.36. The fourth-order valence-electron chi connectivity index (χ4n) is 2.18. The standard InChI is InChI=1S/C14H17F3N2O.ClH/c1-18-8-13(20)19(11-6-7-11)9-10-4-2-3-5-12(10)14(15,16)17;/h2-5,11,18H,6-9H2,1H3;1H. The number of carbonyl (C=O) groups is 1. The third-order valence-corrected chi connectivity index (χ3v) is 3.30. The first-order valence-electron chi connectivity index (χ1n) is 6.52. The van der Waals surface area contributed by atoms with E-state index in [4.69, 9.17) is 0 Å². The molecule has 1 aromatic rings. The van der Waals surface area contributed by atoms with Gasteiger partial charge in [0, 0.05) is 12.6 Å². The summed E-state index contributed by atoms with van der Waals surface area (Å²) in [5, 5.41) is 2.75. The molecule has 0 radical (unpaired) electrons. The van der Waals surface area contributed by atoms with E-state index in [0.29, 0.717) is 0 Å². The molecule has 0 heterocycles. The van der Waals surface area contributed by atoms with E-state index in [2.05, 4.69) is 5.32 Å². The number of nitrogens with zero attached hydrogens (tertiary/aromatic N) is 1. The summed E-state index contributed by atoms with van der Waals surface area (Å²) in [6, 6.07) is 5.51. The molecule has 0 atom stereocenters. The van der Waals surface area contributed by atoms with Crippen molar-refractivity contribution in [2.45, 2.75) is 31.6 Å². The van der Waals surface area contributed by atoms with Crippen molar-refractivity contribution in [2.75, 3.05) is 13.6 Å². The summed E-state index contributed by atoms with van der Waals surface area (Å²) in [5.74, 6) is -0.160. The van der Waals surface area contributed by atoms with E-state index >= 15 is 0 Å². The van der Waals surface area contributed by atoms with Gasteiger partial charge in [0.2, 0.25) is 5.91 Å². The second kappa shape index (κ2) is 7.13. The molecule has 1 fully saturated rings. The van der Waals surface area contributed by atoms with E-state index in [1.54, 1.807) is 18.0 Å². The van der Waals surface area contributed by atoms with Crippen molar-refractivity contribution in [3.63, 3.8) is 0 Å². The number of halogens is 4. The lowest BCUT2D eigenvalue weighted by molar-refractivity contribution is -0.140. The zero-order valence-corrected chi connectivity index (χ0v) is 12.4. The summed E-state index contributed by atoms with van der Waals surface area (Å²) in [6.45, 7) is 0.158. The van der Waals surface area contributed by atoms with Gasteiger partial charge in [-0.1, -0.05) is 18.2 Å². The lowest BCUT2D eigenvalue weighted by Crippen LogP contribution is -2.38. The molecule has 0 spiro atoms. The third kappa shape index (κ3) is 4.61. The van der Waals surface area contributed by atoms with Gasteiger partial charge >= 0.3 is 6.18 Å². The van der Waals surface area contributed by atoms with Crippen LogP contribution in [-0.2, 0) is 17.5 Å². The van der Waals surface area contributed by atoms with Crippen LogP contribution in [0.1, 0.15) is 24.0 Å². The maximum Gasteiger partial charge on any atom is 0.416 e. The van der Waals surface area contributed by atoms with Crippen molar-refractivity contribution in [3.8, 4) is 0 Å². The Morgan fingerprint density at radius 1 is 1.33 bits per heavy atom. The number of hydrogen-bond acceptors (Lipinski definition) is 2. The molecule has 1 N–H and O–H groups in total. The maximum atomic E-state index is 12.9. The van der Waals surface area contributed by atoms with Gasteiger partial charge in [-0.05, 0) is 31.5 Å². The van der Waals surface area contributed by atoms with Crippen molar-refractivity contribution in [1.29, 1.82) is 0 Å². The number of alkyl halides is 3. The monoisotopic (exact) mass is 322 g/mol. The van der Waals surface area contributed by atoms with Crippen molar-refractivity contribution < 1.29 is 18.0 Å². The van der Waals surface area contributed by atoms with Crippen LogP contribution in [0, 0.1) is 0 Å². The predicted molar refractivity (Wildman–Crippen MR) is 76.2 cm³/mol. The van der Waals surface area contributed by atoms with Gasteiger partial charge in [-0.25, -0.2) is 0 Å². The number of rotatable bonds is 5. The Morgan fingerprint density at radius 2 is 1.95 bits per heavy atom. The third-order valence-electron chi connectivity index (χ3n) is 3.30. The fourth-order valence-corrected chi connectivity index (χ4v) is 2.18. The Labute approximate surface area is 127 Å². The Hall–Kier alpha value is -1.27. The van der Waals surface area contributed by atoms with Gasteiger partial charge in [0.25, 0.3) is 0 Å². The number of nitrogens with one attached hydrogen (secondary N) is 1. The van der Waals surface area contributed by atoms with E-state index < -0.39 is 11.7 Å². The second-order valence-electron chi connectivity index (χ2n) is 4.94. The molecule has 118 valence electrons. The average molecular weight is 323 g/mol. The highest BCUT2D eigenvalue weighted by atomic mass is 35.5. The largest absolute Gasteiger partial charge is 0.416 e. The topological polar surface area (TPSA) is 32.3 Å². The molecular formula is C14H18ClF3N2O. The SMILES string of the molecule is CNCC(=O)N(Cc1ccccc1C(F)(F)F)C1CC1.Cl. The zero-order valence-electron chi connectivity index (χ0n) is 11.6. The van der Waals surface area contributed by atoms with Gasteiger partial charge in [0.15, 0.2) is 0 Å². The van der Waals surface area contributed by atoms with E-state index in [0.717, 1.165) is 18.9 Å². The molecule has 0 aromatic heterocycles. The molecule has 1 amide bonds. The van der Waals surface area contributed by atoms with Crippen LogP contribution in [0.2, 0.25) is 0 Å². The van der Waals surface area contributed by atoms with E-state index in [9.17, 15) is 18.0 Å². The van der Waals surface area contributed by atoms with Crippen LogP contribution in [-0.4, -0.2) is 30.4 Å². The van der Waals surface area contributed by atoms with Gasteiger partial charge in [-0.3, -0.25) is 4.79 Å². The van der Waals surface area contributed by atoms with Crippen LogP contribution in [0.5, 0.6) is 0 Å². The number of carbonyl (C=O) groups excluding carboxylic acids is 1. The van der Waals surface area contributed by atoms with Crippen LogP contribution in [0.15, 0.2) is 24.3 Å². The van der Waals surface area contributed by atoms with Gasteiger partial charge in [0.05, 0.1) is 12.1 Å². The number of hydrogen-bond donors (Lipinski definition) is 1. The Bertz CT molecular complexity index is 489. The van der Waals surface area contributed by atoms with E-state index in [1.165, 1.54) is 12.1 Å². The van der Waals surface area contributed by atoms with Gasteiger partial charge in [-0.2, -0.15) is 13.2 Å². The smallest absolute Gasteiger partial charge is 0.334 e. The van der Waals surface area contributed by atoms with Crippen LogP contribution >= 0.6 is 12.4 Å². The predicted octanol–water partition coefficient (Wildman–Crippen LogP) is 2.84. The van der Waals surface area contributed by atoms with Crippen molar-refractivity contribution in [3.05, 3.63) is 35.4 Å². The van der Waals surface area contributed by atoms with Gasteiger partial charge < -0.3 is 10.2 Å². The first-order chi connectivity index (χ1) is 9.43. The lowest BCUT2D eigenvalue weighted by atomic mass is 10.1. The van der Waals surface area contributed by atoms with E-state index in [1.807, 2.05) is 0 Å². The average Bonchev–Trinajstić information content (AvgIpc) is 3.19. The summed E-state index contributed by atoms with van der Waals surface area (Å²) in [5.41, 5.74) is -0.515. The molecule has 0 aliphatic heterocycles. The molecule has 3 nitrogen and oxygen atoms in total. The molecule has 0 saturated heterocycles. The van der Waals surface area contributed by atoms with Crippen LogP contribution in [0.25, 0.3) is 0 Å². The molecule has 1 aromatic carbocycles. The molecule has 7 heteroatoms. The maximum absolute atomic E-state index is 12.9. The number of benzene rings is 1. The molecule has 0 unspecified atom stereocenters. The molecule has 1 aliphatic rings. The minimum atomic E-state index is -4.39. The Morgan fingerprint density at radius 3 is 2.48 bits per heavy atom. The van der Waals surface area contributed by atoms with Crippen molar-refractivity contribution in [1.82, 2.24) is 10.2 Å². The summed E-state index contributed by atoms with van der Waals surface area (Å²) in [6.07, 6.45) is -2.66. The summed E-state index contributed by atoms with van der Waals surface area (Å²) in [7, 11) is 1.65. The highest BCUT2D eigenvalue weighted by Crippen LogP contribution is 2.34. The molecule has 21 heavy (non-hydrogen) atoms. The molecule has 0 bridgehead atoms. The first kappa shape index (κ1) is 17.8. The van der Waals surface area contributed by atoms with Crippen molar-refractivity contribution >= 4 is 18.3 Å². The van der Waals surface area contributed by atoms with Crippen LogP contribution in [0.4, 0.5) is 13.2 Å². The lowest BCUT2D eigenvalue weighted by Gasteiger charge is -2.24. The fraction of sp³-hybridized carbons (Fsp3) is 0.500. The van der Waals surface area contributed by atoms with Gasteiger partial charge in [0.1, 0.15) is 0 Å². The summed E-state index contributed by atoms with van der Waals surface area (Å²) < 4.78 is 38.8. The molecule has 1 saturated carbocycles. The van der Waals surface area contributed by atoms with Crippen LogP contribution < -0.4 is 5.32 Å². The summed E-state index contributed by atoms with van der Waals surface area (Å²) >= 11 is 0. The normalized spacial score (nSPS) is 14.5. The minimum Gasteiger partial charge on any atom is -0.334 e. The number of likely N-dealkylation sites (N-methyl/N-ethyl adjacent to an activating group) is 1. The van der Waals surface area contributed by atoms with E-state index in [-0.39, 0.29) is 43.0 Å². The molecule has 1 aliphatic carbocycles. The first-order valence-corrected chi connectivity index (χ1v) is 6.52. The Balaban J connectivity index is 0.00000220. The van der Waals surface area contributed by atoms with Gasteiger partial charge in [-0.15, -0.1) is 12.4 Å². The number of amides is 1. The quantitative estimate of drug-likeness (QED) is 0.904. The Kier molecular flexibility index (Phi) is 6.04. The molecular weight excluding hydrogens is 305 g/mol. The zero-order chi connectivity index (χ0) is 14.8.